The van der Waals surface area contributed by atoms with E-state index in [1.807, 2.05) is 20.8 Å². The fourth-order valence-corrected chi connectivity index (χ4v) is 5.80. The third-order valence-electron chi connectivity index (χ3n) is 6.28. The van der Waals surface area contributed by atoms with Gasteiger partial charge >= 0.3 is 5.69 Å². The lowest BCUT2D eigenvalue weighted by Crippen LogP contribution is -2.39. The van der Waals surface area contributed by atoms with Crippen LogP contribution in [0.2, 0.25) is 0 Å². The van der Waals surface area contributed by atoms with Crippen molar-refractivity contribution in [3.63, 3.8) is 0 Å². The number of amides is 1. The van der Waals surface area contributed by atoms with E-state index >= 15 is 0 Å². The van der Waals surface area contributed by atoms with E-state index in [0.29, 0.717) is 32.1 Å². The Bertz CT molecular complexity index is 1570. The van der Waals surface area contributed by atoms with E-state index in [2.05, 4.69) is 12.1 Å². The van der Waals surface area contributed by atoms with E-state index in [-0.39, 0.29) is 12.5 Å². The molecule has 2 aromatic heterocycles. The number of benzene rings is 2. The molecule has 0 saturated heterocycles. The molecule has 0 N–H and O–H groups in total. The Balaban J connectivity index is 2.11. The van der Waals surface area contributed by atoms with Crippen LogP contribution in [0.3, 0.4) is 0 Å². The molecule has 0 fully saturated rings. The van der Waals surface area contributed by atoms with Crippen LogP contribution in [-0.2, 0) is 6.54 Å². The Kier molecular flexibility index (Phi) is 6.42. The molecule has 0 atom stereocenters. The van der Waals surface area contributed by atoms with Crippen molar-refractivity contribution in [2.24, 2.45) is 0 Å². The van der Waals surface area contributed by atoms with Crippen molar-refractivity contribution in [1.82, 2.24) is 14.0 Å². The molecule has 0 aliphatic rings. The molecule has 182 valence electrons. The number of aromatic nitrogens is 2. The minimum atomic E-state index is -0.458. The summed E-state index contributed by atoms with van der Waals surface area (Å²) in [4.78, 5) is 43.0. The lowest BCUT2D eigenvalue weighted by molar-refractivity contribution is 0.0831. The molecule has 2 aromatic carbocycles. The number of hydrogen-bond acceptors (Lipinski definition) is 5. The maximum absolute atomic E-state index is 13.9. The van der Waals surface area contributed by atoms with Crippen LogP contribution in [0.4, 0.5) is 0 Å². The molecule has 0 spiro atoms. The van der Waals surface area contributed by atoms with E-state index in [9.17, 15) is 14.4 Å². The summed E-state index contributed by atoms with van der Waals surface area (Å²) in [7, 11) is 4.88. The van der Waals surface area contributed by atoms with E-state index in [1.54, 1.807) is 49.9 Å². The van der Waals surface area contributed by atoms with Gasteiger partial charge in [-0.05, 0) is 62.1 Å². The van der Waals surface area contributed by atoms with Crippen LogP contribution >= 0.6 is 11.3 Å². The summed E-state index contributed by atoms with van der Waals surface area (Å²) in [5, 5.41) is 0.380. The molecule has 0 bridgehead atoms. The van der Waals surface area contributed by atoms with Gasteiger partial charge in [-0.15, -0.1) is 11.3 Å². The molecule has 4 aromatic rings. The summed E-state index contributed by atoms with van der Waals surface area (Å²) in [6.45, 7) is 8.14. The highest BCUT2D eigenvalue weighted by atomic mass is 32.1. The summed E-state index contributed by atoms with van der Waals surface area (Å²) < 4.78 is 8.12. The van der Waals surface area contributed by atoms with Crippen LogP contribution in [0.5, 0.6) is 5.75 Å². The minimum absolute atomic E-state index is 0.197. The number of carbonyl (C=O) groups excluding carboxylic acids is 1. The van der Waals surface area contributed by atoms with Crippen LogP contribution < -0.4 is 16.0 Å². The highest BCUT2D eigenvalue weighted by Crippen LogP contribution is 2.30. The monoisotopic (exact) mass is 491 g/mol. The fourth-order valence-electron chi connectivity index (χ4n) is 4.49. The number of carbonyl (C=O) groups is 1. The predicted molar refractivity (Wildman–Crippen MR) is 141 cm³/mol. The molecule has 4 rings (SSSR count). The second kappa shape index (κ2) is 9.19. The van der Waals surface area contributed by atoms with Gasteiger partial charge in [-0.25, -0.2) is 9.36 Å². The first-order valence-corrected chi connectivity index (χ1v) is 12.1. The number of methoxy groups -OCH3 is 1. The van der Waals surface area contributed by atoms with Crippen LogP contribution in [0.1, 0.15) is 37.5 Å². The van der Waals surface area contributed by atoms with Crippen LogP contribution in [0, 0.1) is 27.7 Å². The number of rotatable bonds is 5. The summed E-state index contributed by atoms with van der Waals surface area (Å²) in [6.07, 6.45) is 0. The third kappa shape index (κ3) is 4.18. The number of aryl methyl sites for hydroxylation is 4. The molecule has 2 heterocycles. The Labute approximate surface area is 207 Å². The molecule has 0 radical (unpaired) electrons. The van der Waals surface area contributed by atoms with Gasteiger partial charge in [-0.1, -0.05) is 23.8 Å². The molecular formula is C27H29N3O4S. The summed E-state index contributed by atoms with van der Waals surface area (Å²) in [5.74, 6) is 0.342. The average Bonchev–Trinajstić information content (AvgIpc) is 3.14. The highest BCUT2D eigenvalue weighted by molar-refractivity contribution is 7.20. The quantitative estimate of drug-likeness (QED) is 0.419. The number of thiophene rings is 1. The zero-order chi connectivity index (χ0) is 25.6. The first-order valence-electron chi connectivity index (χ1n) is 11.3. The summed E-state index contributed by atoms with van der Waals surface area (Å²) in [6, 6.07) is 11.0. The largest absolute Gasteiger partial charge is 0.497 e. The maximum atomic E-state index is 13.9. The topological polar surface area (TPSA) is 73.5 Å². The highest BCUT2D eigenvalue weighted by Gasteiger charge is 2.25. The minimum Gasteiger partial charge on any atom is -0.497 e. The van der Waals surface area contributed by atoms with Gasteiger partial charge in [0, 0.05) is 20.2 Å². The van der Waals surface area contributed by atoms with E-state index in [0.717, 1.165) is 22.3 Å². The van der Waals surface area contributed by atoms with Crippen LogP contribution in [0.15, 0.2) is 46.0 Å². The maximum Gasteiger partial charge on any atom is 0.337 e. The van der Waals surface area contributed by atoms with Crippen molar-refractivity contribution in [3.8, 4) is 11.4 Å². The molecule has 0 aliphatic carbocycles. The molecule has 35 heavy (non-hydrogen) atoms. The molecule has 8 heteroatoms. The van der Waals surface area contributed by atoms with Gasteiger partial charge in [0.1, 0.15) is 10.6 Å². The molecular weight excluding hydrogens is 462 g/mol. The smallest absolute Gasteiger partial charge is 0.337 e. The van der Waals surface area contributed by atoms with Gasteiger partial charge in [0.25, 0.3) is 11.5 Å². The van der Waals surface area contributed by atoms with Gasteiger partial charge in [-0.3, -0.25) is 14.2 Å². The summed E-state index contributed by atoms with van der Waals surface area (Å²) >= 11 is 1.19. The van der Waals surface area contributed by atoms with Crippen molar-refractivity contribution in [3.05, 3.63) is 89.9 Å². The van der Waals surface area contributed by atoms with Crippen molar-refractivity contribution in [2.45, 2.75) is 34.2 Å². The summed E-state index contributed by atoms with van der Waals surface area (Å²) in [5.41, 5.74) is 4.39. The van der Waals surface area contributed by atoms with Gasteiger partial charge < -0.3 is 9.64 Å². The Morgan fingerprint density at radius 1 is 1.03 bits per heavy atom. The second-order valence-electron chi connectivity index (χ2n) is 9.02. The number of nitrogens with zero attached hydrogens (tertiary/aromatic N) is 3. The Morgan fingerprint density at radius 3 is 2.29 bits per heavy atom. The predicted octanol–water partition coefficient (Wildman–Crippen LogP) is 4.21. The average molecular weight is 492 g/mol. The Morgan fingerprint density at radius 2 is 1.69 bits per heavy atom. The number of hydrogen-bond donors (Lipinski definition) is 0. The Hall–Kier alpha value is -3.65. The lowest BCUT2D eigenvalue weighted by Gasteiger charge is -2.16. The van der Waals surface area contributed by atoms with Crippen LogP contribution in [0.25, 0.3) is 15.9 Å². The first kappa shape index (κ1) is 24.5. The third-order valence-corrected chi connectivity index (χ3v) is 7.58. The fraction of sp³-hybridized carbons (Fsp3) is 0.296. The van der Waals surface area contributed by atoms with Crippen molar-refractivity contribution < 1.29 is 9.53 Å². The van der Waals surface area contributed by atoms with E-state index in [1.165, 1.54) is 27.9 Å². The zero-order valence-corrected chi connectivity index (χ0v) is 21.9. The first-order chi connectivity index (χ1) is 16.5. The standard InChI is InChI=1S/C27H29N3O4S/c1-15-11-16(2)21(17(3)12-15)14-29-26-22(18(4)23(35-26)25(32)28(5)6)24(31)30(27(29)33)19-9-8-10-20(13-19)34-7/h8-13H,14H2,1-7H3. The van der Waals surface area contributed by atoms with E-state index in [4.69, 9.17) is 4.74 Å². The number of fused-ring (bicyclic) bond motifs is 1. The lowest BCUT2D eigenvalue weighted by atomic mass is 10.00. The van der Waals surface area contributed by atoms with Gasteiger partial charge in [0.05, 0.1) is 29.6 Å². The molecule has 7 nitrogen and oxygen atoms in total. The second-order valence-corrected chi connectivity index (χ2v) is 10.0. The van der Waals surface area contributed by atoms with Gasteiger partial charge in [0.2, 0.25) is 0 Å². The molecule has 1 amide bonds. The van der Waals surface area contributed by atoms with Crippen molar-refractivity contribution >= 4 is 27.5 Å². The molecule has 0 saturated carbocycles. The van der Waals surface area contributed by atoms with Crippen LogP contribution in [-0.4, -0.2) is 41.1 Å². The van der Waals surface area contributed by atoms with Crippen molar-refractivity contribution in [1.29, 1.82) is 0 Å². The molecule has 0 aliphatic heterocycles. The van der Waals surface area contributed by atoms with Gasteiger partial charge in [-0.2, -0.15) is 0 Å². The zero-order valence-electron chi connectivity index (χ0n) is 21.1. The molecule has 0 unspecified atom stereocenters. The normalized spacial score (nSPS) is 11.2. The SMILES string of the molecule is COc1cccc(-n2c(=O)c3c(C)c(C(=O)N(C)C)sc3n(Cc3c(C)cc(C)cc3C)c2=O)c1. The van der Waals surface area contributed by atoms with Gasteiger partial charge in [0.15, 0.2) is 0 Å². The number of ether oxygens (including phenoxy) is 1. The van der Waals surface area contributed by atoms with E-state index < -0.39 is 11.2 Å². The van der Waals surface area contributed by atoms with Crippen molar-refractivity contribution in [2.75, 3.05) is 21.2 Å².